The van der Waals surface area contributed by atoms with E-state index in [4.69, 9.17) is 0 Å². The van der Waals surface area contributed by atoms with Gasteiger partial charge in [0.05, 0.1) is 5.69 Å². The molecule has 2 N–H and O–H groups in total. The van der Waals surface area contributed by atoms with Gasteiger partial charge in [-0.15, -0.1) is 11.3 Å². The van der Waals surface area contributed by atoms with Crippen LogP contribution in [-0.4, -0.2) is 40.5 Å². The topological polar surface area (TPSA) is 79.8 Å². The minimum Gasteiger partial charge on any atom is -0.350 e. The highest BCUT2D eigenvalue weighted by Crippen LogP contribution is 2.24. The summed E-state index contributed by atoms with van der Waals surface area (Å²) in [5, 5.41) is 6.69. The lowest BCUT2D eigenvalue weighted by Gasteiger charge is -2.03. The van der Waals surface area contributed by atoms with E-state index in [1.807, 2.05) is 13.8 Å². The van der Waals surface area contributed by atoms with E-state index in [0.29, 0.717) is 27.9 Å². The minimum atomic E-state index is -0.0971. The average Bonchev–Trinajstić information content (AvgIpc) is 2.86. The molecule has 0 aliphatic heterocycles. The minimum absolute atomic E-state index is 0.0971. The van der Waals surface area contributed by atoms with Crippen molar-refractivity contribution in [1.29, 1.82) is 0 Å². The summed E-state index contributed by atoms with van der Waals surface area (Å²) in [7, 11) is 0. The average molecular weight is 291 g/mol. The number of hydrogen-bond donors (Lipinski definition) is 2. The molecule has 0 unspecified atom stereocenters. The van der Waals surface area contributed by atoms with Gasteiger partial charge >= 0.3 is 0 Å². The van der Waals surface area contributed by atoms with Crippen LogP contribution in [0.5, 0.6) is 0 Å². The molecule has 7 heteroatoms. The van der Waals surface area contributed by atoms with Crippen LogP contribution in [-0.2, 0) is 0 Å². The van der Waals surface area contributed by atoms with Crippen molar-refractivity contribution in [2.45, 2.75) is 13.8 Å². The van der Waals surface area contributed by atoms with Gasteiger partial charge in [-0.25, -0.2) is 15.0 Å². The first-order valence-corrected chi connectivity index (χ1v) is 7.27. The highest BCUT2D eigenvalue weighted by Gasteiger charge is 2.16. The number of carbonyl (C=O) groups is 1. The third-order valence-electron chi connectivity index (χ3n) is 2.60. The lowest BCUT2D eigenvalue weighted by Crippen LogP contribution is -2.31. The zero-order chi connectivity index (χ0) is 14.4. The number of amides is 1. The van der Waals surface area contributed by atoms with E-state index in [0.717, 1.165) is 13.1 Å². The van der Waals surface area contributed by atoms with Crippen LogP contribution in [0, 0.1) is 6.92 Å². The van der Waals surface area contributed by atoms with Crippen molar-refractivity contribution in [1.82, 2.24) is 25.6 Å². The Kier molecular flexibility index (Phi) is 5.14. The van der Waals surface area contributed by atoms with Crippen molar-refractivity contribution in [2.24, 2.45) is 0 Å². The van der Waals surface area contributed by atoms with Gasteiger partial charge in [0.1, 0.15) is 4.88 Å². The lowest BCUT2D eigenvalue weighted by molar-refractivity contribution is 0.0957. The van der Waals surface area contributed by atoms with E-state index in [2.05, 4.69) is 25.6 Å². The number of aromatic nitrogens is 3. The molecule has 0 aromatic carbocycles. The summed E-state index contributed by atoms with van der Waals surface area (Å²) in [5.74, 6) is 0.451. The maximum absolute atomic E-state index is 12.1. The van der Waals surface area contributed by atoms with Crippen molar-refractivity contribution in [3.63, 3.8) is 0 Å². The maximum Gasteiger partial charge on any atom is 0.263 e. The molecule has 0 atom stereocenters. The molecule has 0 aliphatic carbocycles. The first-order chi connectivity index (χ1) is 9.72. The fraction of sp³-hybridized carbons (Fsp3) is 0.385. The number of rotatable bonds is 6. The first kappa shape index (κ1) is 14.5. The van der Waals surface area contributed by atoms with E-state index >= 15 is 0 Å². The molecule has 0 saturated heterocycles. The number of nitrogens with zero attached hydrogens (tertiary/aromatic N) is 3. The van der Waals surface area contributed by atoms with Gasteiger partial charge in [0.25, 0.3) is 5.91 Å². The van der Waals surface area contributed by atoms with Crippen LogP contribution in [0.1, 0.15) is 22.3 Å². The molecular weight excluding hydrogens is 274 g/mol. The van der Waals surface area contributed by atoms with Crippen LogP contribution in [0.4, 0.5) is 0 Å². The zero-order valence-electron chi connectivity index (χ0n) is 11.5. The Bertz CT molecular complexity index is 569. The molecule has 2 heterocycles. The van der Waals surface area contributed by atoms with E-state index in [1.165, 1.54) is 11.3 Å². The number of aryl methyl sites for hydroxylation is 1. The molecule has 0 aliphatic rings. The van der Waals surface area contributed by atoms with Gasteiger partial charge < -0.3 is 10.6 Å². The number of carbonyl (C=O) groups excluding carboxylic acids is 1. The second-order valence-electron chi connectivity index (χ2n) is 4.12. The van der Waals surface area contributed by atoms with Gasteiger partial charge in [-0.2, -0.15) is 0 Å². The molecule has 2 aromatic rings. The lowest BCUT2D eigenvalue weighted by atomic mass is 10.3. The Labute approximate surface area is 121 Å². The van der Waals surface area contributed by atoms with Gasteiger partial charge in [0.2, 0.25) is 0 Å². The van der Waals surface area contributed by atoms with Crippen LogP contribution in [0.15, 0.2) is 18.5 Å². The third kappa shape index (κ3) is 3.58. The second kappa shape index (κ2) is 7.06. The summed E-state index contributed by atoms with van der Waals surface area (Å²) in [5.41, 5.74) is 0.707. The fourth-order valence-electron chi connectivity index (χ4n) is 1.63. The molecule has 0 spiro atoms. The molecular formula is C13H17N5OS. The molecule has 0 fully saturated rings. The van der Waals surface area contributed by atoms with E-state index < -0.39 is 0 Å². The van der Waals surface area contributed by atoms with Gasteiger partial charge in [0, 0.05) is 25.5 Å². The third-order valence-corrected chi connectivity index (χ3v) is 3.75. The fourth-order valence-corrected chi connectivity index (χ4v) is 2.56. The molecule has 1 amide bonds. The van der Waals surface area contributed by atoms with Crippen molar-refractivity contribution < 1.29 is 4.79 Å². The van der Waals surface area contributed by atoms with Gasteiger partial charge in [-0.1, -0.05) is 6.92 Å². The largest absolute Gasteiger partial charge is 0.350 e. The Morgan fingerprint density at radius 1 is 1.30 bits per heavy atom. The van der Waals surface area contributed by atoms with Gasteiger partial charge in [-0.05, 0) is 19.5 Å². The molecule has 6 nitrogen and oxygen atoms in total. The smallest absolute Gasteiger partial charge is 0.263 e. The first-order valence-electron chi connectivity index (χ1n) is 6.46. The summed E-state index contributed by atoms with van der Waals surface area (Å²) in [6.45, 7) is 6.10. The SMILES string of the molecule is CCNCCNC(=O)c1sc(-c2ncccn2)nc1C. The summed E-state index contributed by atoms with van der Waals surface area (Å²) >= 11 is 1.32. The van der Waals surface area contributed by atoms with Crippen LogP contribution in [0.25, 0.3) is 10.8 Å². The van der Waals surface area contributed by atoms with Crippen molar-refractivity contribution >= 4 is 17.2 Å². The van der Waals surface area contributed by atoms with Crippen LogP contribution < -0.4 is 10.6 Å². The van der Waals surface area contributed by atoms with E-state index in [-0.39, 0.29) is 5.91 Å². The zero-order valence-corrected chi connectivity index (χ0v) is 12.3. The number of nitrogens with one attached hydrogen (secondary N) is 2. The number of likely N-dealkylation sites (N-methyl/N-ethyl adjacent to an activating group) is 1. The van der Waals surface area contributed by atoms with Crippen molar-refractivity contribution in [3.8, 4) is 10.8 Å². The summed E-state index contributed by atoms with van der Waals surface area (Å²) in [6.07, 6.45) is 3.32. The maximum atomic E-state index is 12.1. The van der Waals surface area contributed by atoms with Gasteiger partial charge in [0.15, 0.2) is 10.8 Å². The predicted octanol–water partition coefficient (Wildman–Crippen LogP) is 1.25. The molecule has 20 heavy (non-hydrogen) atoms. The van der Waals surface area contributed by atoms with E-state index in [1.54, 1.807) is 18.5 Å². The summed E-state index contributed by atoms with van der Waals surface area (Å²) in [4.78, 5) is 25.3. The summed E-state index contributed by atoms with van der Waals surface area (Å²) < 4.78 is 0. The second-order valence-corrected chi connectivity index (χ2v) is 5.11. The van der Waals surface area contributed by atoms with Crippen molar-refractivity contribution in [3.05, 3.63) is 29.0 Å². The Morgan fingerprint density at radius 2 is 2.05 bits per heavy atom. The van der Waals surface area contributed by atoms with Crippen LogP contribution in [0.2, 0.25) is 0 Å². The Hall–Kier alpha value is -1.86. The summed E-state index contributed by atoms with van der Waals surface area (Å²) in [6, 6.07) is 1.75. The van der Waals surface area contributed by atoms with E-state index in [9.17, 15) is 4.79 Å². The normalized spacial score (nSPS) is 10.5. The molecule has 0 saturated carbocycles. The molecule has 2 rings (SSSR count). The van der Waals surface area contributed by atoms with Crippen LogP contribution in [0.3, 0.4) is 0 Å². The molecule has 0 bridgehead atoms. The van der Waals surface area contributed by atoms with Gasteiger partial charge in [-0.3, -0.25) is 4.79 Å². The number of hydrogen-bond acceptors (Lipinski definition) is 6. The highest BCUT2D eigenvalue weighted by atomic mass is 32.1. The predicted molar refractivity (Wildman–Crippen MR) is 78.8 cm³/mol. The Balaban J connectivity index is 2.06. The quantitative estimate of drug-likeness (QED) is 0.783. The molecule has 2 aromatic heterocycles. The molecule has 106 valence electrons. The highest BCUT2D eigenvalue weighted by molar-refractivity contribution is 7.17. The standard InChI is InChI=1S/C13H17N5OS/c1-3-14-7-8-17-12(19)10-9(2)18-13(20-10)11-15-5-4-6-16-11/h4-6,14H,3,7-8H2,1-2H3,(H,17,19). The van der Waals surface area contributed by atoms with Crippen molar-refractivity contribution in [2.75, 3.05) is 19.6 Å². The monoisotopic (exact) mass is 291 g/mol. The molecule has 0 radical (unpaired) electrons. The van der Waals surface area contributed by atoms with Crippen LogP contribution >= 0.6 is 11.3 Å². The Morgan fingerprint density at radius 3 is 2.75 bits per heavy atom. The number of thiazole rings is 1.